The Morgan fingerprint density at radius 3 is 2.84 bits per heavy atom. The van der Waals surface area contributed by atoms with Gasteiger partial charge in [0.05, 0.1) is 23.4 Å². The third-order valence-electron chi connectivity index (χ3n) is 4.49. The fourth-order valence-electron chi connectivity index (χ4n) is 3.26. The van der Waals surface area contributed by atoms with Gasteiger partial charge in [0.2, 0.25) is 0 Å². The van der Waals surface area contributed by atoms with E-state index in [0.29, 0.717) is 47.0 Å². The summed E-state index contributed by atoms with van der Waals surface area (Å²) in [5.74, 6) is 0.540. The summed E-state index contributed by atoms with van der Waals surface area (Å²) in [7, 11) is 0. The van der Waals surface area contributed by atoms with E-state index in [1.807, 2.05) is 0 Å². The van der Waals surface area contributed by atoms with Crippen molar-refractivity contribution in [3.05, 3.63) is 68.9 Å². The normalized spacial score (nSPS) is 14.0. The summed E-state index contributed by atoms with van der Waals surface area (Å²) in [6, 6.07) is 4.46. The SMILES string of the molecule is Cc1cc(C(=O)N2CCc3nc4ccc(F)cn4c(=O)c3C2)c(C)o1. The molecule has 0 aromatic carbocycles. The number of nitrogens with zero attached hydrogens (tertiary/aromatic N) is 3. The number of furan rings is 1. The second kappa shape index (κ2) is 5.54. The lowest BCUT2D eigenvalue weighted by Crippen LogP contribution is -2.40. The smallest absolute Gasteiger partial charge is 0.263 e. The highest BCUT2D eigenvalue weighted by molar-refractivity contribution is 5.95. The first kappa shape index (κ1) is 15.6. The van der Waals surface area contributed by atoms with Gasteiger partial charge in [-0.3, -0.25) is 14.0 Å². The Balaban J connectivity index is 1.74. The van der Waals surface area contributed by atoms with Gasteiger partial charge in [-0.25, -0.2) is 9.37 Å². The summed E-state index contributed by atoms with van der Waals surface area (Å²) in [5.41, 5.74) is 1.67. The molecule has 0 fully saturated rings. The standard InChI is InChI=1S/C18H16FN3O3/c1-10-7-13(11(2)25-10)17(23)21-6-5-15-14(9-21)18(24)22-8-12(19)3-4-16(22)20-15/h3-4,7-8H,5-6,9H2,1-2H3. The molecule has 25 heavy (non-hydrogen) atoms. The lowest BCUT2D eigenvalue weighted by Gasteiger charge is -2.27. The van der Waals surface area contributed by atoms with Crippen LogP contribution in [0.15, 0.2) is 33.6 Å². The van der Waals surface area contributed by atoms with E-state index < -0.39 is 5.82 Å². The topological polar surface area (TPSA) is 67.8 Å². The third kappa shape index (κ3) is 2.52. The van der Waals surface area contributed by atoms with Gasteiger partial charge in [-0.2, -0.15) is 0 Å². The largest absolute Gasteiger partial charge is 0.466 e. The van der Waals surface area contributed by atoms with E-state index in [2.05, 4.69) is 4.98 Å². The number of amides is 1. The summed E-state index contributed by atoms with van der Waals surface area (Å²) < 4.78 is 20.1. The first-order valence-corrected chi connectivity index (χ1v) is 8.00. The Bertz CT molecular complexity index is 1070. The van der Waals surface area contributed by atoms with Gasteiger partial charge < -0.3 is 9.32 Å². The Hall–Kier alpha value is -2.96. The molecule has 0 unspecified atom stereocenters. The summed E-state index contributed by atoms with van der Waals surface area (Å²) >= 11 is 0. The van der Waals surface area contributed by atoms with Gasteiger partial charge in [0.25, 0.3) is 11.5 Å². The molecule has 1 amide bonds. The van der Waals surface area contributed by atoms with Crippen LogP contribution in [0.5, 0.6) is 0 Å². The van der Waals surface area contributed by atoms with Crippen molar-refractivity contribution in [3.63, 3.8) is 0 Å². The molecule has 4 heterocycles. The van der Waals surface area contributed by atoms with Crippen LogP contribution in [0, 0.1) is 19.7 Å². The van der Waals surface area contributed by atoms with Crippen molar-refractivity contribution in [2.75, 3.05) is 6.54 Å². The highest BCUT2D eigenvalue weighted by Crippen LogP contribution is 2.21. The van der Waals surface area contributed by atoms with Crippen LogP contribution in [-0.2, 0) is 13.0 Å². The van der Waals surface area contributed by atoms with Crippen molar-refractivity contribution in [1.29, 1.82) is 0 Å². The number of hydrogen-bond acceptors (Lipinski definition) is 4. The molecule has 0 bridgehead atoms. The summed E-state index contributed by atoms with van der Waals surface area (Å²) in [6.07, 6.45) is 1.61. The Morgan fingerprint density at radius 2 is 2.12 bits per heavy atom. The minimum atomic E-state index is -0.510. The van der Waals surface area contributed by atoms with Gasteiger partial charge in [-0.15, -0.1) is 0 Å². The molecule has 0 N–H and O–H groups in total. The molecule has 0 saturated carbocycles. The summed E-state index contributed by atoms with van der Waals surface area (Å²) in [5, 5.41) is 0. The van der Waals surface area contributed by atoms with E-state index in [-0.39, 0.29) is 18.0 Å². The molecule has 3 aromatic heterocycles. The molecule has 0 aliphatic carbocycles. The number of halogens is 1. The van der Waals surface area contributed by atoms with Crippen molar-refractivity contribution in [3.8, 4) is 0 Å². The average Bonchev–Trinajstić information content (AvgIpc) is 2.93. The number of fused-ring (bicyclic) bond motifs is 2. The number of carbonyl (C=O) groups is 1. The fourth-order valence-corrected chi connectivity index (χ4v) is 3.26. The molecule has 128 valence electrons. The number of carbonyl (C=O) groups excluding carboxylic acids is 1. The zero-order valence-electron chi connectivity index (χ0n) is 13.9. The molecule has 1 aliphatic rings. The number of aromatic nitrogens is 2. The molecular formula is C18H16FN3O3. The first-order valence-electron chi connectivity index (χ1n) is 8.00. The van der Waals surface area contributed by atoms with Gasteiger partial charge >= 0.3 is 0 Å². The first-order chi connectivity index (χ1) is 11.9. The molecule has 0 radical (unpaired) electrons. The molecule has 3 aromatic rings. The maximum atomic E-state index is 13.5. The lowest BCUT2D eigenvalue weighted by atomic mass is 10.1. The number of hydrogen-bond donors (Lipinski definition) is 0. The number of pyridine rings is 1. The maximum Gasteiger partial charge on any atom is 0.263 e. The van der Waals surface area contributed by atoms with Crippen LogP contribution in [0.4, 0.5) is 4.39 Å². The molecule has 0 saturated heterocycles. The van der Waals surface area contributed by atoms with E-state index in [9.17, 15) is 14.0 Å². The quantitative estimate of drug-likeness (QED) is 0.681. The summed E-state index contributed by atoms with van der Waals surface area (Å²) in [4.78, 5) is 31.5. The van der Waals surface area contributed by atoms with Crippen LogP contribution in [-0.4, -0.2) is 26.7 Å². The number of rotatable bonds is 1. The average molecular weight is 341 g/mol. The molecule has 7 heteroatoms. The number of aryl methyl sites for hydroxylation is 2. The molecule has 4 rings (SSSR count). The minimum Gasteiger partial charge on any atom is -0.466 e. The van der Waals surface area contributed by atoms with Gasteiger partial charge in [-0.05, 0) is 32.0 Å². The van der Waals surface area contributed by atoms with Crippen LogP contribution < -0.4 is 5.56 Å². The van der Waals surface area contributed by atoms with Crippen molar-refractivity contribution in [2.24, 2.45) is 0 Å². The lowest BCUT2D eigenvalue weighted by molar-refractivity contribution is 0.0731. The van der Waals surface area contributed by atoms with Crippen molar-refractivity contribution >= 4 is 11.6 Å². The predicted octanol–water partition coefficient (Wildman–Crippen LogP) is 2.24. The predicted molar refractivity (Wildman–Crippen MR) is 88.0 cm³/mol. The minimum absolute atomic E-state index is 0.156. The maximum absolute atomic E-state index is 13.5. The van der Waals surface area contributed by atoms with E-state index >= 15 is 0 Å². The van der Waals surface area contributed by atoms with Crippen LogP contribution >= 0.6 is 0 Å². The Morgan fingerprint density at radius 1 is 1.32 bits per heavy atom. The van der Waals surface area contributed by atoms with E-state index in [1.54, 1.807) is 24.8 Å². The fraction of sp³-hybridized carbons (Fsp3) is 0.278. The van der Waals surface area contributed by atoms with Crippen LogP contribution in [0.2, 0.25) is 0 Å². The van der Waals surface area contributed by atoms with Gasteiger partial charge in [-0.1, -0.05) is 0 Å². The van der Waals surface area contributed by atoms with Gasteiger partial charge in [0.1, 0.15) is 23.0 Å². The Labute approximate surface area is 142 Å². The van der Waals surface area contributed by atoms with Crippen LogP contribution in [0.3, 0.4) is 0 Å². The van der Waals surface area contributed by atoms with Crippen molar-refractivity contribution < 1.29 is 13.6 Å². The molecule has 0 atom stereocenters. The van der Waals surface area contributed by atoms with Crippen molar-refractivity contribution in [1.82, 2.24) is 14.3 Å². The molecule has 0 spiro atoms. The zero-order valence-corrected chi connectivity index (χ0v) is 13.9. The highest BCUT2D eigenvalue weighted by Gasteiger charge is 2.27. The van der Waals surface area contributed by atoms with Crippen molar-refractivity contribution in [2.45, 2.75) is 26.8 Å². The molecule has 6 nitrogen and oxygen atoms in total. The van der Waals surface area contributed by atoms with Gasteiger partial charge in [0.15, 0.2) is 0 Å². The highest BCUT2D eigenvalue weighted by atomic mass is 19.1. The van der Waals surface area contributed by atoms with E-state index in [4.69, 9.17) is 4.42 Å². The second-order valence-corrected chi connectivity index (χ2v) is 6.22. The Kier molecular flexibility index (Phi) is 3.45. The summed E-state index contributed by atoms with van der Waals surface area (Å²) in [6.45, 7) is 4.15. The van der Waals surface area contributed by atoms with Gasteiger partial charge in [0, 0.05) is 19.2 Å². The van der Waals surface area contributed by atoms with Crippen LogP contribution in [0.1, 0.15) is 33.1 Å². The zero-order chi connectivity index (χ0) is 17.7. The third-order valence-corrected chi connectivity index (χ3v) is 4.49. The van der Waals surface area contributed by atoms with E-state index in [0.717, 1.165) is 6.20 Å². The molecular weight excluding hydrogens is 325 g/mol. The molecule has 1 aliphatic heterocycles. The second-order valence-electron chi connectivity index (χ2n) is 6.22. The van der Waals surface area contributed by atoms with E-state index in [1.165, 1.54) is 16.5 Å². The van der Waals surface area contributed by atoms with Crippen LogP contribution in [0.25, 0.3) is 5.65 Å². The monoisotopic (exact) mass is 341 g/mol.